The van der Waals surface area contributed by atoms with E-state index in [0.29, 0.717) is 0 Å². The first-order valence-corrected chi connectivity index (χ1v) is 6.62. The average Bonchev–Trinajstić information content (AvgIpc) is 2.65. The van der Waals surface area contributed by atoms with Crippen LogP contribution in [0.15, 0.2) is 58.7 Å². The van der Waals surface area contributed by atoms with Crippen molar-refractivity contribution in [3.8, 4) is 5.75 Å². The first-order chi connectivity index (χ1) is 9.78. The van der Waals surface area contributed by atoms with Crippen molar-refractivity contribution in [2.75, 3.05) is 7.11 Å². The molecule has 2 aromatic carbocycles. The zero-order valence-corrected chi connectivity index (χ0v) is 11.6. The number of benzene rings is 2. The lowest BCUT2D eigenvalue weighted by Crippen LogP contribution is -2.07. The molecule has 0 atom stereocenters. The fraction of sp³-hybridized carbons (Fsp3) is 0.176. The Morgan fingerprint density at radius 2 is 1.80 bits per heavy atom. The summed E-state index contributed by atoms with van der Waals surface area (Å²) in [6.45, 7) is 2.01. The summed E-state index contributed by atoms with van der Waals surface area (Å²) in [5.74, 6) is 0.840. The normalized spacial score (nSPS) is 13.9. The minimum Gasteiger partial charge on any atom is -0.497 e. The second kappa shape index (κ2) is 5.29. The van der Waals surface area contributed by atoms with Crippen molar-refractivity contribution < 1.29 is 4.74 Å². The fourth-order valence-electron chi connectivity index (χ4n) is 2.37. The molecule has 0 N–H and O–H groups in total. The highest BCUT2D eigenvalue weighted by molar-refractivity contribution is 6.15. The molecule has 0 aliphatic carbocycles. The Balaban J connectivity index is 2.19. The predicted octanol–water partition coefficient (Wildman–Crippen LogP) is 3.46. The van der Waals surface area contributed by atoms with Gasteiger partial charge in [-0.3, -0.25) is 0 Å². The van der Waals surface area contributed by atoms with Crippen LogP contribution >= 0.6 is 0 Å². The monoisotopic (exact) mass is 264 g/mol. The number of ether oxygens (including phenoxy) is 1. The summed E-state index contributed by atoms with van der Waals surface area (Å²) in [4.78, 5) is 0. The van der Waals surface area contributed by atoms with E-state index >= 15 is 0 Å². The first kappa shape index (κ1) is 12.6. The van der Waals surface area contributed by atoms with Crippen molar-refractivity contribution in [1.29, 1.82) is 0 Å². The van der Waals surface area contributed by atoms with E-state index in [1.165, 1.54) is 5.56 Å². The van der Waals surface area contributed by atoms with Gasteiger partial charge in [0.25, 0.3) is 0 Å². The third-order valence-electron chi connectivity index (χ3n) is 3.39. The van der Waals surface area contributed by atoms with Crippen LogP contribution in [0, 0.1) is 0 Å². The minimum absolute atomic E-state index is 0.819. The highest BCUT2D eigenvalue weighted by atomic mass is 16.5. The largest absolute Gasteiger partial charge is 0.497 e. The molecule has 0 saturated carbocycles. The molecule has 0 unspecified atom stereocenters. The van der Waals surface area contributed by atoms with Crippen molar-refractivity contribution in [3.05, 3.63) is 65.2 Å². The molecule has 0 saturated heterocycles. The lowest BCUT2D eigenvalue weighted by molar-refractivity contribution is 0.414. The van der Waals surface area contributed by atoms with Crippen LogP contribution in [-0.2, 0) is 6.42 Å². The molecule has 1 heterocycles. The zero-order valence-electron chi connectivity index (χ0n) is 11.6. The molecular formula is C17H16N2O. The van der Waals surface area contributed by atoms with Crippen molar-refractivity contribution in [3.63, 3.8) is 0 Å². The van der Waals surface area contributed by atoms with E-state index in [1.807, 2.05) is 37.3 Å². The van der Waals surface area contributed by atoms with Crippen molar-refractivity contribution in [2.45, 2.75) is 13.3 Å². The summed E-state index contributed by atoms with van der Waals surface area (Å²) >= 11 is 0. The third kappa shape index (κ3) is 2.35. The van der Waals surface area contributed by atoms with Gasteiger partial charge in [0.15, 0.2) is 0 Å². The van der Waals surface area contributed by atoms with Gasteiger partial charge in [-0.25, -0.2) is 0 Å². The molecule has 20 heavy (non-hydrogen) atoms. The van der Waals surface area contributed by atoms with Gasteiger partial charge in [0.2, 0.25) is 0 Å². The molecule has 0 spiro atoms. The topological polar surface area (TPSA) is 34.0 Å². The van der Waals surface area contributed by atoms with Crippen LogP contribution in [-0.4, -0.2) is 18.5 Å². The molecule has 0 radical (unpaired) electrons. The number of methoxy groups -OCH3 is 1. The summed E-state index contributed by atoms with van der Waals surface area (Å²) < 4.78 is 5.34. The summed E-state index contributed by atoms with van der Waals surface area (Å²) in [6, 6.07) is 16.3. The van der Waals surface area contributed by atoms with Crippen molar-refractivity contribution in [1.82, 2.24) is 0 Å². The molecule has 3 nitrogen and oxygen atoms in total. The van der Waals surface area contributed by atoms with Crippen LogP contribution in [0.5, 0.6) is 5.75 Å². The van der Waals surface area contributed by atoms with Gasteiger partial charge in [0.1, 0.15) is 11.5 Å². The second-order valence-corrected chi connectivity index (χ2v) is 4.85. The molecular weight excluding hydrogens is 248 g/mol. The van der Waals surface area contributed by atoms with Crippen LogP contribution in [0.1, 0.15) is 23.6 Å². The average molecular weight is 264 g/mol. The molecule has 0 aromatic heterocycles. The number of fused-ring (bicyclic) bond motifs is 1. The standard InChI is InChI=1S/C17H16N2O/c1-12-10-14-8-9-15(20-2)11-16(14)17(19-18-12)13-6-4-3-5-7-13/h3-9,11H,10H2,1-2H3. The SMILES string of the molecule is COc1ccc2c(c1)C(c1ccccc1)=NN=C(C)C2. The first-order valence-electron chi connectivity index (χ1n) is 6.62. The number of rotatable bonds is 2. The van der Waals surface area contributed by atoms with Crippen LogP contribution < -0.4 is 4.74 Å². The number of hydrogen-bond acceptors (Lipinski definition) is 3. The van der Waals surface area contributed by atoms with E-state index in [1.54, 1.807) is 7.11 Å². The van der Waals surface area contributed by atoms with Gasteiger partial charge in [-0.05, 0) is 24.6 Å². The van der Waals surface area contributed by atoms with Crippen LogP contribution in [0.3, 0.4) is 0 Å². The van der Waals surface area contributed by atoms with Gasteiger partial charge < -0.3 is 4.74 Å². The van der Waals surface area contributed by atoms with E-state index in [0.717, 1.165) is 34.7 Å². The Labute approximate surface area is 118 Å². The predicted molar refractivity (Wildman–Crippen MR) is 81.9 cm³/mol. The van der Waals surface area contributed by atoms with Crippen LogP contribution in [0.25, 0.3) is 0 Å². The van der Waals surface area contributed by atoms with Crippen LogP contribution in [0.4, 0.5) is 0 Å². The van der Waals surface area contributed by atoms with Gasteiger partial charge in [-0.1, -0.05) is 36.4 Å². The molecule has 100 valence electrons. The number of nitrogens with zero attached hydrogens (tertiary/aromatic N) is 2. The maximum absolute atomic E-state index is 5.34. The lowest BCUT2D eigenvalue weighted by atomic mass is 9.95. The Kier molecular flexibility index (Phi) is 3.33. The van der Waals surface area contributed by atoms with Gasteiger partial charge in [-0.15, -0.1) is 5.10 Å². The zero-order chi connectivity index (χ0) is 13.9. The highest BCUT2D eigenvalue weighted by Gasteiger charge is 2.16. The van der Waals surface area contributed by atoms with E-state index in [9.17, 15) is 0 Å². The molecule has 0 fully saturated rings. The summed E-state index contributed by atoms with van der Waals surface area (Å²) in [5, 5.41) is 8.76. The highest BCUT2D eigenvalue weighted by Crippen LogP contribution is 2.24. The quantitative estimate of drug-likeness (QED) is 0.817. The van der Waals surface area contributed by atoms with E-state index in [4.69, 9.17) is 4.74 Å². The molecule has 2 aromatic rings. The Morgan fingerprint density at radius 1 is 1.00 bits per heavy atom. The summed E-state index contributed by atoms with van der Waals surface area (Å²) in [5.41, 5.74) is 5.31. The van der Waals surface area contributed by atoms with Gasteiger partial charge >= 0.3 is 0 Å². The molecule has 3 heteroatoms. The minimum atomic E-state index is 0.819. The van der Waals surface area contributed by atoms with E-state index < -0.39 is 0 Å². The van der Waals surface area contributed by atoms with Gasteiger partial charge in [-0.2, -0.15) is 5.10 Å². The smallest absolute Gasteiger partial charge is 0.119 e. The van der Waals surface area contributed by atoms with Gasteiger partial charge in [0, 0.05) is 23.3 Å². The van der Waals surface area contributed by atoms with E-state index in [2.05, 4.69) is 28.4 Å². The fourth-order valence-corrected chi connectivity index (χ4v) is 2.37. The number of hydrogen-bond donors (Lipinski definition) is 0. The second-order valence-electron chi connectivity index (χ2n) is 4.85. The maximum atomic E-state index is 5.34. The Bertz CT molecular complexity index is 687. The molecule has 0 bridgehead atoms. The van der Waals surface area contributed by atoms with Crippen molar-refractivity contribution in [2.24, 2.45) is 10.2 Å². The van der Waals surface area contributed by atoms with Gasteiger partial charge in [0.05, 0.1) is 7.11 Å². The van der Waals surface area contributed by atoms with Crippen molar-refractivity contribution >= 4 is 11.4 Å². The Morgan fingerprint density at radius 3 is 2.55 bits per heavy atom. The maximum Gasteiger partial charge on any atom is 0.119 e. The molecule has 1 aliphatic heterocycles. The van der Waals surface area contributed by atoms with Crippen LogP contribution in [0.2, 0.25) is 0 Å². The molecule has 3 rings (SSSR count). The summed E-state index contributed by atoms with van der Waals surface area (Å²) in [6.07, 6.45) is 0.819. The lowest BCUT2D eigenvalue weighted by Gasteiger charge is -2.11. The Hall–Kier alpha value is -2.42. The molecule has 1 aliphatic rings. The van der Waals surface area contributed by atoms with E-state index in [-0.39, 0.29) is 0 Å². The third-order valence-corrected chi connectivity index (χ3v) is 3.39. The molecule has 0 amide bonds. The summed E-state index contributed by atoms with van der Waals surface area (Å²) in [7, 11) is 1.68.